The summed E-state index contributed by atoms with van der Waals surface area (Å²) in [5.74, 6) is 0. The Morgan fingerprint density at radius 2 is 0.724 bits per heavy atom. The minimum atomic E-state index is -0.346. The molecule has 13 aromatic rings. The molecular weight excluding hydrogens is 1270 g/mol. The maximum Gasteiger partial charge on any atom is 0.144 e. The molecule has 3 heteroatoms. The summed E-state index contributed by atoms with van der Waals surface area (Å²) in [6.45, 7) is 19.4. The van der Waals surface area contributed by atoms with Gasteiger partial charge in [0.2, 0.25) is 0 Å². The topological polar surface area (TPSA) is 29.5 Å². The fraction of sp³-hybridized carbons (Fsp3) is 0.353. The summed E-state index contributed by atoms with van der Waals surface area (Å²) >= 11 is 0. The van der Waals surface area contributed by atoms with Crippen LogP contribution in [0, 0.1) is 0 Å². The Bertz CT molecular complexity index is 5310. The minimum Gasteiger partial charge on any atom is -0.456 e. The van der Waals surface area contributed by atoms with Crippen molar-refractivity contribution in [2.45, 2.75) is 231 Å². The number of para-hydroxylation sites is 3. The second-order valence-corrected chi connectivity index (χ2v) is 33.1. The van der Waals surface area contributed by atoms with Crippen molar-refractivity contribution >= 4 is 60.9 Å². The Labute approximate surface area is 625 Å². The Hall–Kier alpha value is -9.18. The van der Waals surface area contributed by atoms with Crippen LogP contribution in [0.4, 0.5) is 17.1 Å². The summed E-state index contributed by atoms with van der Waals surface area (Å²) < 4.78 is 14.3. The van der Waals surface area contributed by atoms with E-state index < -0.39 is 0 Å². The van der Waals surface area contributed by atoms with Gasteiger partial charge in [-0.3, -0.25) is 0 Å². The molecule has 0 aliphatic heterocycles. The normalized spacial score (nSPS) is 14.9. The van der Waals surface area contributed by atoms with Crippen LogP contribution >= 0.6 is 0 Å². The van der Waals surface area contributed by atoms with Crippen molar-refractivity contribution in [3.05, 3.63) is 257 Å². The summed E-state index contributed by atoms with van der Waals surface area (Å²) in [6, 6.07) is 82.5. The van der Waals surface area contributed by atoms with Crippen molar-refractivity contribution in [1.82, 2.24) is 0 Å². The van der Waals surface area contributed by atoms with E-state index in [0.29, 0.717) is 0 Å². The van der Waals surface area contributed by atoms with Crippen molar-refractivity contribution in [1.29, 1.82) is 0 Å². The van der Waals surface area contributed by atoms with Crippen molar-refractivity contribution < 1.29 is 8.83 Å². The van der Waals surface area contributed by atoms with Gasteiger partial charge in [-0.15, -0.1) is 0 Å². The molecule has 532 valence electrons. The molecule has 4 aliphatic carbocycles. The van der Waals surface area contributed by atoms with Gasteiger partial charge in [0.05, 0.1) is 5.69 Å². The highest BCUT2D eigenvalue weighted by atomic mass is 16.3. The molecule has 0 saturated heterocycles. The predicted octanol–water partition coefficient (Wildman–Crippen LogP) is 30.9. The number of nitrogens with zero attached hydrogens (tertiary/aromatic N) is 1. The van der Waals surface area contributed by atoms with Crippen LogP contribution in [0.3, 0.4) is 0 Å². The van der Waals surface area contributed by atoms with E-state index >= 15 is 0 Å². The van der Waals surface area contributed by atoms with Gasteiger partial charge in [0.1, 0.15) is 22.3 Å². The molecule has 0 atom stereocenters. The number of hydrogen-bond acceptors (Lipinski definition) is 3. The van der Waals surface area contributed by atoms with Crippen LogP contribution < -0.4 is 4.90 Å². The zero-order chi connectivity index (χ0) is 71.6. The van der Waals surface area contributed by atoms with Crippen LogP contribution in [0.25, 0.3) is 111 Å². The third kappa shape index (κ3) is 11.3. The first-order valence-corrected chi connectivity index (χ1v) is 41.1. The van der Waals surface area contributed by atoms with Crippen molar-refractivity contribution in [3.8, 4) is 66.8 Å². The van der Waals surface area contributed by atoms with Gasteiger partial charge in [0.15, 0.2) is 0 Å². The highest BCUT2D eigenvalue weighted by Gasteiger charge is 2.54. The molecule has 0 unspecified atom stereocenters. The first kappa shape index (κ1) is 68.9. The lowest BCUT2D eigenvalue weighted by atomic mass is 9.62. The molecule has 3 nitrogen and oxygen atoms in total. The molecule has 2 heterocycles. The van der Waals surface area contributed by atoms with E-state index in [1.165, 1.54) is 262 Å². The van der Waals surface area contributed by atoms with E-state index in [4.69, 9.17) is 8.83 Å². The average Bonchev–Trinajstić information content (AvgIpc) is 1.50. The number of rotatable bonds is 29. The van der Waals surface area contributed by atoms with Gasteiger partial charge in [0.25, 0.3) is 0 Å². The molecule has 0 fully saturated rings. The first-order valence-electron chi connectivity index (χ1n) is 41.1. The predicted molar refractivity (Wildman–Crippen MR) is 448 cm³/mol. The molecule has 11 aromatic carbocycles. The van der Waals surface area contributed by atoms with E-state index in [1.54, 1.807) is 16.7 Å². The van der Waals surface area contributed by atoms with Gasteiger partial charge >= 0.3 is 0 Å². The zero-order valence-electron chi connectivity index (χ0n) is 63.9. The van der Waals surface area contributed by atoms with Crippen LogP contribution in [0.2, 0.25) is 0 Å². The fourth-order valence-electron chi connectivity index (χ4n) is 20.8. The average molecular weight is 1380 g/mol. The third-order valence-corrected chi connectivity index (χ3v) is 26.0. The molecule has 0 spiro atoms. The van der Waals surface area contributed by atoms with Crippen molar-refractivity contribution in [2.75, 3.05) is 4.90 Å². The maximum atomic E-state index is 7.65. The van der Waals surface area contributed by atoms with Crippen molar-refractivity contribution in [2.24, 2.45) is 0 Å². The molecule has 0 amide bonds. The van der Waals surface area contributed by atoms with E-state index in [1.807, 2.05) is 0 Å². The van der Waals surface area contributed by atoms with Crippen molar-refractivity contribution in [3.63, 3.8) is 0 Å². The molecule has 105 heavy (non-hydrogen) atoms. The fourth-order valence-corrected chi connectivity index (χ4v) is 20.8. The lowest BCUT2D eigenvalue weighted by Crippen LogP contribution is -2.33. The Morgan fingerprint density at radius 3 is 1.31 bits per heavy atom. The Balaban J connectivity index is 0.936. The van der Waals surface area contributed by atoms with Crippen LogP contribution in [0.1, 0.15) is 254 Å². The quantitative estimate of drug-likeness (QED) is 0.0438. The number of benzene rings is 11. The van der Waals surface area contributed by atoms with Crippen LogP contribution in [0.15, 0.2) is 221 Å². The van der Waals surface area contributed by atoms with E-state index in [2.05, 4.69) is 273 Å². The number of hydrogen-bond donors (Lipinski definition) is 0. The van der Waals surface area contributed by atoms with Crippen LogP contribution in [-0.4, -0.2) is 0 Å². The molecule has 17 rings (SSSR count). The van der Waals surface area contributed by atoms with Gasteiger partial charge < -0.3 is 13.7 Å². The minimum absolute atomic E-state index is 0.179. The highest BCUT2D eigenvalue weighted by Crippen LogP contribution is 2.68. The lowest BCUT2D eigenvalue weighted by molar-refractivity contribution is 0.369. The van der Waals surface area contributed by atoms with Gasteiger partial charge in [-0.1, -0.05) is 342 Å². The summed E-state index contributed by atoms with van der Waals surface area (Å²) in [5, 5.41) is 4.98. The van der Waals surface area contributed by atoms with Gasteiger partial charge in [-0.2, -0.15) is 0 Å². The molecule has 0 bridgehead atoms. The van der Waals surface area contributed by atoms with E-state index in [-0.39, 0.29) is 21.7 Å². The SMILES string of the molecule is CCCCCCCC1(CCCCCCC)c2ccccc2-c2c1c1c(c3c2oc2ccccc23)-c2ccc(N(c3ccc4c(c3)C(C)(C)c3cc5c(cc3-4)C(C)(C)c3ccc4oc6ccccc6c4c3-5)c3c(-c4ccccc4)cccc3-c3ccccc3)cc2C1(CCCCCCC)CCCCCCC. The van der Waals surface area contributed by atoms with Crippen LogP contribution in [0.5, 0.6) is 0 Å². The highest BCUT2D eigenvalue weighted by molar-refractivity contribution is 6.21. The second kappa shape index (κ2) is 28.3. The summed E-state index contributed by atoms with van der Waals surface area (Å²) in [6.07, 6.45) is 29.5. The maximum absolute atomic E-state index is 7.65. The Morgan fingerprint density at radius 1 is 0.286 bits per heavy atom. The lowest BCUT2D eigenvalue weighted by Gasteiger charge is -2.40. The number of fused-ring (bicyclic) bond motifs is 22. The van der Waals surface area contributed by atoms with Crippen LogP contribution in [-0.2, 0) is 21.7 Å². The van der Waals surface area contributed by atoms with E-state index in [9.17, 15) is 0 Å². The number of furan rings is 2. The summed E-state index contributed by atoms with van der Waals surface area (Å²) in [7, 11) is 0. The number of anilines is 3. The molecular formula is C102H107NO2. The van der Waals surface area contributed by atoms with Gasteiger partial charge in [0, 0.05) is 71.3 Å². The third-order valence-electron chi connectivity index (χ3n) is 26.0. The van der Waals surface area contributed by atoms with Gasteiger partial charge in [-0.05, 0) is 175 Å². The molecule has 0 saturated carbocycles. The Kier molecular flexibility index (Phi) is 18.6. The summed E-state index contributed by atoms with van der Waals surface area (Å²) in [4.78, 5) is 2.74. The number of unbranched alkanes of at least 4 members (excludes halogenated alkanes) is 16. The molecule has 0 radical (unpaired) electrons. The largest absolute Gasteiger partial charge is 0.456 e. The van der Waals surface area contributed by atoms with E-state index in [0.717, 1.165) is 48.0 Å². The molecule has 0 N–H and O–H groups in total. The molecule has 4 aliphatic rings. The standard InChI is InChI=1S/C102H107NO2/c1-9-13-17-21-37-60-101(61-38-22-18-14-10-2)81-51-34-31-46-75(81)94-96(101)95-92(93-78-48-33-36-53-88(78)105-98(93)94)76-57-55-71(65-86(76)102(95,62-39-23-19-15-11-3)63-40-24-20-16-12-4)103(97-72(68-42-27-25-28-43-68)49-41-50-73(97)69-44-29-26-30-45-69)70-54-56-74-79-66-85-80(67-84(79)100(7,8)83(74)64-70)90-82(99(85,5)6)58-59-89-91(90)77-47-32-35-52-87(77)104-89/h25-36,41-59,64-67H,9-24,37-40,60-63H2,1-8H3. The summed E-state index contributed by atoms with van der Waals surface area (Å²) in [5.41, 5.74) is 34.2. The first-order chi connectivity index (χ1) is 51.5. The monoisotopic (exact) mass is 1380 g/mol. The zero-order valence-corrected chi connectivity index (χ0v) is 63.9. The van der Waals surface area contributed by atoms with Gasteiger partial charge in [-0.25, -0.2) is 0 Å². The molecule has 2 aromatic heterocycles. The smallest absolute Gasteiger partial charge is 0.144 e. The second-order valence-electron chi connectivity index (χ2n) is 33.1.